The van der Waals surface area contributed by atoms with Crippen molar-refractivity contribution in [1.82, 2.24) is 0 Å². The molecular weight excluding hydrogens is 283 g/mol. The Kier molecular flexibility index (Phi) is 4.91. The molecular formula is C15H20Cl2S. The van der Waals surface area contributed by atoms with Crippen LogP contribution in [0.2, 0.25) is 0 Å². The van der Waals surface area contributed by atoms with Gasteiger partial charge in [0.2, 0.25) is 0 Å². The summed E-state index contributed by atoms with van der Waals surface area (Å²) in [6, 6.07) is 8.70. The first-order valence-electron chi connectivity index (χ1n) is 6.48. The van der Waals surface area contributed by atoms with Gasteiger partial charge in [0.05, 0.1) is 0 Å². The molecule has 1 aromatic rings. The highest BCUT2D eigenvalue weighted by Crippen LogP contribution is 2.45. The van der Waals surface area contributed by atoms with E-state index in [1.54, 1.807) is 0 Å². The summed E-state index contributed by atoms with van der Waals surface area (Å²) >= 11 is 14.4. The van der Waals surface area contributed by atoms with Gasteiger partial charge in [-0.15, -0.1) is 35.0 Å². The first-order valence-corrected chi connectivity index (χ1v) is 8.42. The van der Waals surface area contributed by atoms with Crippen LogP contribution in [0.25, 0.3) is 0 Å². The van der Waals surface area contributed by atoms with Gasteiger partial charge in [-0.3, -0.25) is 0 Å². The summed E-state index contributed by atoms with van der Waals surface area (Å²) < 4.78 is 0. The predicted octanol–water partition coefficient (Wildman–Crippen LogP) is 5.21. The number of fused-ring (bicyclic) bond motifs is 1. The minimum absolute atomic E-state index is 0.0722. The molecule has 18 heavy (non-hydrogen) atoms. The molecule has 1 aromatic carbocycles. The van der Waals surface area contributed by atoms with E-state index in [-0.39, 0.29) is 5.41 Å². The third kappa shape index (κ3) is 2.84. The molecule has 2 rings (SSSR count). The number of alkyl halides is 2. The van der Waals surface area contributed by atoms with Crippen LogP contribution in [0.15, 0.2) is 29.2 Å². The average molecular weight is 303 g/mol. The second-order valence-corrected chi connectivity index (χ2v) is 7.42. The molecule has 3 heteroatoms. The molecule has 0 radical (unpaired) electrons. The van der Waals surface area contributed by atoms with Crippen LogP contribution in [-0.2, 0) is 6.42 Å². The van der Waals surface area contributed by atoms with Gasteiger partial charge in [-0.1, -0.05) is 32.0 Å². The minimum Gasteiger partial charge on any atom is -0.126 e. The van der Waals surface area contributed by atoms with Gasteiger partial charge in [0, 0.05) is 27.3 Å². The Morgan fingerprint density at radius 2 is 1.94 bits per heavy atom. The first-order chi connectivity index (χ1) is 8.61. The number of benzene rings is 1. The maximum absolute atomic E-state index is 6.22. The molecule has 0 aliphatic carbocycles. The standard InChI is InChI=1S/C15H20Cl2S/c1-11(2)15(9-16,10-17)8-13-7-12-5-3-4-6-14(12)18-13/h3-6,11,13H,7-10H2,1-2H3. The lowest BCUT2D eigenvalue weighted by molar-refractivity contribution is 0.238. The lowest BCUT2D eigenvalue weighted by atomic mass is 9.76. The van der Waals surface area contributed by atoms with Gasteiger partial charge < -0.3 is 0 Å². The molecule has 0 nitrogen and oxygen atoms in total. The van der Waals surface area contributed by atoms with E-state index < -0.39 is 0 Å². The van der Waals surface area contributed by atoms with E-state index in [2.05, 4.69) is 38.1 Å². The molecule has 0 aromatic heterocycles. The van der Waals surface area contributed by atoms with Gasteiger partial charge >= 0.3 is 0 Å². The lowest BCUT2D eigenvalue weighted by Crippen LogP contribution is -2.34. The van der Waals surface area contributed by atoms with Gasteiger partial charge in [0.15, 0.2) is 0 Å². The van der Waals surface area contributed by atoms with E-state index in [9.17, 15) is 0 Å². The fourth-order valence-electron chi connectivity index (χ4n) is 2.51. The maximum Gasteiger partial charge on any atom is 0.0294 e. The Morgan fingerprint density at radius 1 is 1.28 bits per heavy atom. The molecule has 0 amide bonds. The van der Waals surface area contributed by atoms with Crippen molar-refractivity contribution in [1.29, 1.82) is 0 Å². The molecule has 0 N–H and O–H groups in total. The normalized spacial score (nSPS) is 19.3. The van der Waals surface area contributed by atoms with Crippen molar-refractivity contribution >= 4 is 35.0 Å². The number of hydrogen-bond donors (Lipinski definition) is 0. The quantitative estimate of drug-likeness (QED) is 0.673. The molecule has 1 aliphatic rings. The summed E-state index contributed by atoms with van der Waals surface area (Å²) in [5.74, 6) is 1.83. The lowest BCUT2D eigenvalue weighted by Gasteiger charge is -2.36. The van der Waals surface area contributed by atoms with Crippen LogP contribution in [0.1, 0.15) is 25.8 Å². The third-order valence-electron chi connectivity index (χ3n) is 4.11. The molecule has 0 spiro atoms. The van der Waals surface area contributed by atoms with Crippen molar-refractivity contribution in [2.45, 2.75) is 36.8 Å². The summed E-state index contributed by atoms with van der Waals surface area (Å²) in [5.41, 5.74) is 1.55. The fourth-order valence-corrected chi connectivity index (χ4v) is 5.13. The largest absolute Gasteiger partial charge is 0.126 e. The Hall–Kier alpha value is 0.150. The van der Waals surface area contributed by atoms with Crippen molar-refractivity contribution in [3.05, 3.63) is 29.8 Å². The van der Waals surface area contributed by atoms with E-state index in [0.717, 1.165) is 12.8 Å². The van der Waals surface area contributed by atoms with Crippen molar-refractivity contribution in [2.24, 2.45) is 11.3 Å². The number of hydrogen-bond acceptors (Lipinski definition) is 1. The summed E-state index contributed by atoms with van der Waals surface area (Å²) in [6.07, 6.45) is 2.26. The van der Waals surface area contributed by atoms with Crippen LogP contribution in [0.5, 0.6) is 0 Å². The predicted molar refractivity (Wildman–Crippen MR) is 83.1 cm³/mol. The van der Waals surface area contributed by atoms with E-state index in [1.165, 1.54) is 10.5 Å². The average Bonchev–Trinajstić information content (AvgIpc) is 2.77. The molecule has 0 saturated carbocycles. The van der Waals surface area contributed by atoms with Crippen molar-refractivity contribution < 1.29 is 0 Å². The third-order valence-corrected chi connectivity index (χ3v) is 6.49. The van der Waals surface area contributed by atoms with Gasteiger partial charge in [0.25, 0.3) is 0 Å². The molecule has 1 unspecified atom stereocenters. The maximum atomic E-state index is 6.22. The zero-order valence-electron chi connectivity index (χ0n) is 11.0. The van der Waals surface area contributed by atoms with Gasteiger partial charge in [0.1, 0.15) is 0 Å². The molecule has 1 atom stereocenters. The summed E-state index contributed by atoms with van der Waals surface area (Å²) in [6.45, 7) is 4.47. The smallest absolute Gasteiger partial charge is 0.0294 e. The van der Waals surface area contributed by atoms with Crippen LogP contribution in [-0.4, -0.2) is 17.0 Å². The molecule has 100 valence electrons. The highest BCUT2D eigenvalue weighted by molar-refractivity contribution is 8.00. The summed E-state index contributed by atoms with van der Waals surface area (Å²) in [7, 11) is 0. The van der Waals surface area contributed by atoms with Crippen LogP contribution < -0.4 is 0 Å². The van der Waals surface area contributed by atoms with Gasteiger partial charge in [-0.25, -0.2) is 0 Å². The second kappa shape index (κ2) is 6.07. The Morgan fingerprint density at radius 3 is 2.50 bits per heavy atom. The topological polar surface area (TPSA) is 0 Å². The van der Waals surface area contributed by atoms with Gasteiger partial charge in [-0.05, 0) is 30.4 Å². The van der Waals surface area contributed by atoms with E-state index in [1.807, 2.05) is 11.8 Å². The van der Waals surface area contributed by atoms with Crippen molar-refractivity contribution in [3.8, 4) is 0 Å². The van der Waals surface area contributed by atoms with Crippen LogP contribution in [0.3, 0.4) is 0 Å². The van der Waals surface area contributed by atoms with Crippen molar-refractivity contribution in [2.75, 3.05) is 11.8 Å². The Bertz CT molecular complexity index is 374. The molecule has 0 bridgehead atoms. The first kappa shape index (κ1) is 14.6. The van der Waals surface area contributed by atoms with E-state index in [4.69, 9.17) is 23.2 Å². The highest BCUT2D eigenvalue weighted by Gasteiger charge is 2.37. The second-order valence-electron chi connectivity index (χ2n) is 5.54. The Labute approximate surface area is 124 Å². The van der Waals surface area contributed by atoms with Crippen LogP contribution in [0.4, 0.5) is 0 Å². The zero-order valence-corrected chi connectivity index (χ0v) is 13.3. The minimum atomic E-state index is 0.0722. The molecule has 0 saturated heterocycles. The number of halogens is 2. The van der Waals surface area contributed by atoms with Gasteiger partial charge in [-0.2, -0.15) is 0 Å². The van der Waals surface area contributed by atoms with Crippen LogP contribution in [0, 0.1) is 11.3 Å². The number of thioether (sulfide) groups is 1. The van der Waals surface area contributed by atoms with E-state index in [0.29, 0.717) is 22.9 Å². The number of rotatable bonds is 5. The fraction of sp³-hybridized carbons (Fsp3) is 0.600. The summed E-state index contributed by atoms with van der Waals surface area (Å²) in [5, 5.41) is 0.627. The van der Waals surface area contributed by atoms with E-state index >= 15 is 0 Å². The SMILES string of the molecule is CC(C)C(CCl)(CCl)CC1Cc2ccccc2S1. The van der Waals surface area contributed by atoms with Crippen molar-refractivity contribution in [3.63, 3.8) is 0 Å². The molecule has 0 fully saturated rings. The summed E-state index contributed by atoms with van der Waals surface area (Å²) in [4.78, 5) is 1.43. The zero-order chi connectivity index (χ0) is 13.2. The monoisotopic (exact) mass is 302 g/mol. The highest BCUT2D eigenvalue weighted by atomic mass is 35.5. The molecule has 1 heterocycles. The molecule has 1 aliphatic heterocycles. The van der Waals surface area contributed by atoms with Crippen LogP contribution >= 0.6 is 35.0 Å². The Balaban J connectivity index is 2.08.